The number of rotatable bonds is 8. The Morgan fingerprint density at radius 2 is 2.00 bits per heavy atom. The lowest BCUT2D eigenvalue weighted by atomic mass is 10.2. The zero-order chi connectivity index (χ0) is 16.7. The van der Waals surface area contributed by atoms with Crippen LogP contribution in [0.2, 0.25) is 0 Å². The van der Waals surface area contributed by atoms with Gasteiger partial charge in [0.2, 0.25) is 0 Å². The average molecular weight is 314 g/mol. The maximum atomic E-state index is 5.07. The molecule has 0 saturated heterocycles. The number of ether oxygens (including phenoxy) is 1. The number of hydrogen-bond acceptors (Lipinski definition) is 5. The highest BCUT2D eigenvalue weighted by molar-refractivity contribution is 5.63. The van der Waals surface area contributed by atoms with E-state index < -0.39 is 0 Å². The molecular formula is C18H26N4O. The molecule has 23 heavy (non-hydrogen) atoms. The van der Waals surface area contributed by atoms with Crippen molar-refractivity contribution in [1.82, 2.24) is 9.97 Å². The molecular weight excluding hydrogens is 288 g/mol. The maximum absolute atomic E-state index is 5.07. The van der Waals surface area contributed by atoms with Crippen molar-refractivity contribution in [2.75, 3.05) is 37.0 Å². The van der Waals surface area contributed by atoms with Crippen molar-refractivity contribution >= 4 is 17.3 Å². The zero-order valence-corrected chi connectivity index (χ0v) is 14.5. The summed E-state index contributed by atoms with van der Waals surface area (Å²) in [5, 5.41) is 3.34. The number of aromatic nitrogens is 2. The zero-order valence-electron chi connectivity index (χ0n) is 14.5. The van der Waals surface area contributed by atoms with Gasteiger partial charge in [-0.1, -0.05) is 12.1 Å². The van der Waals surface area contributed by atoms with Gasteiger partial charge in [0.1, 0.15) is 17.5 Å². The van der Waals surface area contributed by atoms with Crippen LogP contribution in [0.1, 0.15) is 24.7 Å². The summed E-state index contributed by atoms with van der Waals surface area (Å²) >= 11 is 0. The van der Waals surface area contributed by atoms with Crippen molar-refractivity contribution in [2.45, 2.75) is 27.2 Å². The average Bonchev–Trinajstić information content (AvgIpc) is 2.52. The van der Waals surface area contributed by atoms with E-state index in [-0.39, 0.29) is 0 Å². The Bertz CT molecular complexity index is 630. The summed E-state index contributed by atoms with van der Waals surface area (Å²) in [6.45, 7) is 8.59. The van der Waals surface area contributed by atoms with Crippen LogP contribution in [-0.4, -0.2) is 36.8 Å². The molecule has 2 aromatic rings. The molecule has 0 radical (unpaired) electrons. The molecule has 0 bridgehead atoms. The van der Waals surface area contributed by atoms with E-state index in [1.807, 2.05) is 13.0 Å². The molecule has 1 heterocycles. The SMILES string of the molecule is CCN(c1cccc(C)c1)c1cc(NCCCOC)nc(C)n1. The molecule has 1 aromatic heterocycles. The van der Waals surface area contributed by atoms with Crippen LogP contribution in [0.3, 0.4) is 0 Å². The fourth-order valence-corrected chi connectivity index (χ4v) is 2.49. The van der Waals surface area contributed by atoms with Crippen molar-refractivity contribution in [3.8, 4) is 0 Å². The predicted molar refractivity (Wildman–Crippen MR) is 95.6 cm³/mol. The van der Waals surface area contributed by atoms with Crippen LogP contribution in [0, 0.1) is 13.8 Å². The highest BCUT2D eigenvalue weighted by Gasteiger charge is 2.11. The van der Waals surface area contributed by atoms with E-state index in [0.717, 1.165) is 49.3 Å². The molecule has 0 aliphatic heterocycles. The summed E-state index contributed by atoms with van der Waals surface area (Å²) in [6, 6.07) is 10.5. The number of nitrogens with zero attached hydrogens (tertiary/aromatic N) is 3. The molecule has 0 aliphatic rings. The van der Waals surface area contributed by atoms with Crippen molar-refractivity contribution in [3.63, 3.8) is 0 Å². The third-order valence-electron chi connectivity index (χ3n) is 3.56. The molecule has 5 heteroatoms. The molecule has 0 spiro atoms. The van der Waals surface area contributed by atoms with Crippen molar-refractivity contribution in [2.24, 2.45) is 0 Å². The first-order valence-electron chi connectivity index (χ1n) is 8.06. The topological polar surface area (TPSA) is 50.3 Å². The number of aryl methyl sites for hydroxylation is 2. The second kappa shape index (κ2) is 8.48. The minimum absolute atomic E-state index is 0.744. The first-order valence-corrected chi connectivity index (χ1v) is 8.06. The smallest absolute Gasteiger partial charge is 0.138 e. The summed E-state index contributed by atoms with van der Waals surface area (Å²) < 4.78 is 5.07. The number of anilines is 3. The highest BCUT2D eigenvalue weighted by Crippen LogP contribution is 2.25. The second-order valence-corrected chi connectivity index (χ2v) is 5.51. The minimum Gasteiger partial charge on any atom is -0.385 e. The lowest BCUT2D eigenvalue weighted by Gasteiger charge is -2.23. The van der Waals surface area contributed by atoms with Crippen LogP contribution in [0.5, 0.6) is 0 Å². The molecule has 0 atom stereocenters. The Labute approximate surface area is 138 Å². The molecule has 0 unspecified atom stereocenters. The van der Waals surface area contributed by atoms with Gasteiger partial charge in [-0.25, -0.2) is 9.97 Å². The van der Waals surface area contributed by atoms with Gasteiger partial charge in [0.25, 0.3) is 0 Å². The first-order chi connectivity index (χ1) is 11.1. The van der Waals surface area contributed by atoms with E-state index >= 15 is 0 Å². The van der Waals surface area contributed by atoms with Gasteiger partial charge < -0.3 is 15.0 Å². The van der Waals surface area contributed by atoms with Gasteiger partial charge in [-0.3, -0.25) is 0 Å². The number of nitrogens with one attached hydrogen (secondary N) is 1. The predicted octanol–water partition coefficient (Wildman–Crippen LogP) is 3.70. The molecule has 1 aromatic carbocycles. The first kappa shape index (κ1) is 17.2. The Kier molecular flexibility index (Phi) is 6.35. The Morgan fingerprint density at radius 1 is 1.17 bits per heavy atom. The van der Waals surface area contributed by atoms with E-state index in [0.29, 0.717) is 0 Å². The van der Waals surface area contributed by atoms with Crippen LogP contribution < -0.4 is 10.2 Å². The molecule has 0 saturated carbocycles. The monoisotopic (exact) mass is 314 g/mol. The summed E-state index contributed by atoms with van der Waals surface area (Å²) in [5.74, 6) is 2.54. The van der Waals surface area contributed by atoms with Gasteiger partial charge in [-0.15, -0.1) is 0 Å². The van der Waals surface area contributed by atoms with Crippen molar-refractivity contribution in [3.05, 3.63) is 41.7 Å². The molecule has 0 fully saturated rings. The van der Waals surface area contributed by atoms with Crippen LogP contribution in [0.4, 0.5) is 17.3 Å². The maximum Gasteiger partial charge on any atom is 0.138 e. The molecule has 0 aliphatic carbocycles. The summed E-state index contributed by atoms with van der Waals surface area (Å²) in [5.41, 5.74) is 2.39. The van der Waals surface area contributed by atoms with Gasteiger partial charge in [0.15, 0.2) is 0 Å². The number of methoxy groups -OCH3 is 1. The van der Waals surface area contributed by atoms with Crippen LogP contribution in [0.15, 0.2) is 30.3 Å². The van der Waals surface area contributed by atoms with E-state index in [4.69, 9.17) is 4.74 Å². The molecule has 5 nitrogen and oxygen atoms in total. The standard InChI is InChI=1S/C18H26N4O/c1-5-22(16-9-6-8-14(2)12-16)18-13-17(20-15(3)21-18)19-10-7-11-23-4/h6,8-9,12-13H,5,7,10-11H2,1-4H3,(H,19,20,21). The largest absolute Gasteiger partial charge is 0.385 e. The van der Waals surface area contributed by atoms with E-state index in [9.17, 15) is 0 Å². The van der Waals surface area contributed by atoms with Gasteiger partial charge in [0.05, 0.1) is 0 Å². The van der Waals surface area contributed by atoms with E-state index in [1.165, 1.54) is 5.56 Å². The fourth-order valence-electron chi connectivity index (χ4n) is 2.49. The quantitative estimate of drug-likeness (QED) is 0.753. The van der Waals surface area contributed by atoms with Gasteiger partial charge >= 0.3 is 0 Å². The van der Waals surface area contributed by atoms with Gasteiger partial charge in [0, 0.05) is 38.6 Å². The third-order valence-corrected chi connectivity index (χ3v) is 3.56. The Balaban J connectivity index is 2.21. The Hall–Kier alpha value is -2.14. The summed E-state index contributed by atoms with van der Waals surface area (Å²) in [7, 11) is 1.72. The molecule has 0 amide bonds. The third kappa shape index (κ3) is 4.93. The number of hydrogen-bond donors (Lipinski definition) is 1. The summed E-state index contributed by atoms with van der Waals surface area (Å²) in [6.07, 6.45) is 0.949. The van der Waals surface area contributed by atoms with Gasteiger partial charge in [-0.2, -0.15) is 0 Å². The van der Waals surface area contributed by atoms with Gasteiger partial charge in [-0.05, 0) is 44.9 Å². The molecule has 124 valence electrons. The highest BCUT2D eigenvalue weighted by atomic mass is 16.5. The van der Waals surface area contributed by atoms with Crippen molar-refractivity contribution < 1.29 is 4.74 Å². The van der Waals surface area contributed by atoms with Crippen LogP contribution in [0.25, 0.3) is 0 Å². The van der Waals surface area contributed by atoms with E-state index in [1.54, 1.807) is 7.11 Å². The van der Waals surface area contributed by atoms with E-state index in [2.05, 4.69) is 58.3 Å². The van der Waals surface area contributed by atoms with Crippen molar-refractivity contribution in [1.29, 1.82) is 0 Å². The molecule has 1 N–H and O–H groups in total. The normalized spacial score (nSPS) is 10.6. The second-order valence-electron chi connectivity index (χ2n) is 5.51. The Morgan fingerprint density at radius 3 is 2.70 bits per heavy atom. The molecule has 2 rings (SSSR count). The van der Waals surface area contributed by atoms with Crippen LogP contribution >= 0.6 is 0 Å². The minimum atomic E-state index is 0.744. The van der Waals surface area contributed by atoms with Crippen LogP contribution in [-0.2, 0) is 4.74 Å². The lowest BCUT2D eigenvalue weighted by molar-refractivity contribution is 0.198. The fraction of sp³-hybridized carbons (Fsp3) is 0.444. The lowest BCUT2D eigenvalue weighted by Crippen LogP contribution is -2.19. The number of benzene rings is 1. The summed E-state index contributed by atoms with van der Waals surface area (Å²) in [4.78, 5) is 11.3.